The van der Waals surface area contributed by atoms with Crippen LogP contribution in [0.25, 0.3) is 77.8 Å². The molecule has 1 unspecified atom stereocenters. The van der Waals surface area contributed by atoms with E-state index >= 15 is 0 Å². The van der Waals surface area contributed by atoms with Crippen molar-refractivity contribution in [3.05, 3.63) is 222 Å². The maximum Gasteiger partial charge on any atom is 0.0725 e. The highest BCUT2D eigenvalue weighted by atomic mass is 14.7. The minimum atomic E-state index is -0.397. The third-order valence-electron chi connectivity index (χ3n) is 11.5. The molecule has 1 nitrogen and oxygen atoms in total. The van der Waals surface area contributed by atoms with Gasteiger partial charge in [0, 0.05) is 11.1 Å². The minimum absolute atomic E-state index is 0.397. The Morgan fingerprint density at radius 2 is 0.717 bits per heavy atom. The standard InChI is InChI=1S/C52H33N/c1-3-13-34(14-4-1)35-23-25-36(26-24-35)41-32-50(37-15-5-2-6-16-37)53-51(33-41)40-27-28-48-44(30-40)42-19-9-11-21-46(42)52(48)47-22-12-10-20-43(47)45-29-38-17-7-8-18-39(38)31-49(45)52/h1-33H. The van der Waals surface area contributed by atoms with Gasteiger partial charge in [0.2, 0.25) is 0 Å². The zero-order chi connectivity index (χ0) is 34.9. The smallest absolute Gasteiger partial charge is 0.0725 e. The zero-order valence-electron chi connectivity index (χ0n) is 29.0. The number of benzene rings is 8. The third kappa shape index (κ3) is 4.47. The molecule has 2 aliphatic carbocycles. The fourth-order valence-corrected chi connectivity index (χ4v) is 9.07. The van der Waals surface area contributed by atoms with E-state index in [4.69, 9.17) is 4.98 Å². The van der Waals surface area contributed by atoms with Crippen LogP contribution in [0.2, 0.25) is 0 Å². The van der Waals surface area contributed by atoms with Crippen LogP contribution in [0.4, 0.5) is 0 Å². The van der Waals surface area contributed by atoms with Crippen LogP contribution < -0.4 is 0 Å². The summed E-state index contributed by atoms with van der Waals surface area (Å²) < 4.78 is 0. The number of hydrogen-bond donors (Lipinski definition) is 0. The zero-order valence-corrected chi connectivity index (χ0v) is 29.0. The average Bonchev–Trinajstić information content (AvgIpc) is 3.70. The monoisotopic (exact) mass is 671 g/mol. The van der Waals surface area contributed by atoms with Crippen molar-refractivity contribution in [1.29, 1.82) is 0 Å². The highest BCUT2D eigenvalue weighted by Crippen LogP contribution is 2.63. The second kappa shape index (κ2) is 11.6. The van der Waals surface area contributed by atoms with Crippen LogP contribution in [-0.2, 0) is 5.41 Å². The van der Waals surface area contributed by atoms with Gasteiger partial charge in [-0.1, -0.05) is 170 Å². The highest BCUT2D eigenvalue weighted by Gasteiger charge is 2.51. The van der Waals surface area contributed by atoms with E-state index in [9.17, 15) is 0 Å². The molecule has 246 valence electrons. The van der Waals surface area contributed by atoms with E-state index in [2.05, 4.69) is 200 Å². The molecule has 0 aliphatic heterocycles. The predicted molar refractivity (Wildman–Crippen MR) is 220 cm³/mol. The first-order valence-corrected chi connectivity index (χ1v) is 18.4. The summed E-state index contributed by atoms with van der Waals surface area (Å²) in [5, 5.41) is 2.54. The Morgan fingerprint density at radius 3 is 1.38 bits per heavy atom. The normalized spacial score (nSPS) is 14.9. The highest BCUT2D eigenvalue weighted by molar-refractivity contribution is 6.00. The summed E-state index contributed by atoms with van der Waals surface area (Å²) >= 11 is 0. The van der Waals surface area contributed by atoms with Gasteiger partial charge in [-0.15, -0.1) is 0 Å². The summed E-state index contributed by atoms with van der Waals surface area (Å²) in [5.41, 5.74) is 19.1. The molecule has 1 heterocycles. The van der Waals surface area contributed by atoms with E-state index in [0.29, 0.717) is 0 Å². The molecule has 1 atom stereocenters. The van der Waals surface area contributed by atoms with Gasteiger partial charge in [-0.2, -0.15) is 0 Å². The molecule has 0 saturated heterocycles. The van der Waals surface area contributed by atoms with Gasteiger partial charge in [0.1, 0.15) is 0 Å². The molecule has 0 saturated carbocycles. The molecule has 0 amide bonds. The number of rotatable bonds is 4. The minimum Gasteiger partial charge on any atom is -0.248 e. The molecule has 53 heavy (non-hydrogen) atoms. The molecule has 8 aromatic carbocycles. The third-order valence-corrected chi connectivity index (χ3v) is 11.5. The molecule has 0 radical (unpaired) electrons. The second-order valence-corrected chi connectivity index (χ2v) is 14.3. The molecule has 1 aromatic heterocycles. The molecular weight excluding hydrogens is 639 g/mol. The molecule has 0 bridgehead atoms. The SMILES string of the molecule is c1ccc(-c2ccc(-c3cc(-c4ccccc4)nc(-c4ccc5c(c4)-c4ccccc4C54c5ccccc5-c5cc6ccccc6cc54)c3)cc2)cc1. The first-order valence-electron chi connectivity index (χ1n) is 18.4. The van der Waals surface area contributed by atoms with Crippen molar-refractivity contribution in [1.82, 2.24) is 4.98 Å². The Balaban J connectivity index is 1.11. The lowest BCUT2D eigenvalue weighted by Crippen LogP contribution is -2.25. The molecular formula is C52H33N. The Kier molecular flexibility index (Phi) is 6.53. The molecule has 11 rings (SSSR count). The first-order chi connectivity index (χ1) is 26.3. The van der Waals surface area contributed by atoms with Gasteiger partial charge in [-0.3, -0.25) is 0 Å². The Bertz CT molecular complexity index is 2870. The number of fused-ring (bicyclic) bond motifs is 11. The van der Waals surface area contributed by atoms with Gasteiger partial charge in [-0.25, -0.2) is 4.98 Å². The van der Waals surface area contributed by atoms with Crippen LogP contribution >= 0.6 is 0 Å². The maximum atomic E-state index is 5.34. The van der Waals surface area contributed by atoms with Crippen molar-refractivity contribution in [2.75, 3.05) is 0 Å². The average molecular weight is 672 g/mol. The number of pyridine rings is 1. The van der Waals surface area contributed by atoms with Crippen LogP contribution in [0.15, 0.2) is 200 Å². The van der Waals surface area contributed by atoms with Gasteiger partial charge < -0.3 is 0 Å². The van der Waals surface area contributed by atoms with Gasteiger partial charge in [0.15, 0.2) is 0 Å². The molecule has 1 heteroatoms. The van der Waals surface area contributed by atoms with Gasteiger partial charge >= 0.3 is 0 Å². The van der Waals surface area contributed by atoms with Crippen molar-refractivity contribution < 1.29 is 0 Å². The summed E-state index contributed by atoms with van der Waals surface area (Å²) in [7, 11) is 0. The summed E-state index contributed by atoms with van der Waals surface area (Å²) in [6.45, 7) is 0. The Hall–Kier alpha value is -6.83. The summed E-state index contributed by atoms with van der Waals surface area (Å²) in [4.78, 5) is 5.34. The van der Waals surface area contributed by atoms with Crippen molar-refractivity contribution >= 4 is 10.8 Å². The molecule has 0 N–H and O–H groups in total. The van der Waals surface area contributed by atoms with E-state index < -0.39 is 5.41 Å². The summed E-state index contributed by atoms with van der Waals surface area (Å²) in [5.74, 6) is 0. The molecule has 0 fully saturated rings. The molecule has 9 aromatic rings. The van der Waals surface area contributed by atoms with Crippen molar-refractivity contribution in [2.24, 2.45) is 0 Å². The fraction of sp³-hybridized carbons (Fsp3) is 0.0192. The van der Waals surface area contributed by atoms with E-state index in [1.54, 1.807) is 0 Å². The topological polar surface area (TPSA) is 12.9 Å². The fourth-order valence-electron chi connectivity index (χ4n) is 9.07. The van der Waals surface area contributed by atoms with Gasteiger partial charge in [0.25, 0.3) is 0 Å². The van der Waals surface area contributed by atoms with Crippen LogP contribution in [0.5, 0.6) is 0 Å². The first kappa shape index (κ1) is 29.9. The van der Waals surface area contributed by atoms with Crippen molar-refractivity contribution in [3.8, 4) is 67.0 Å². The maximum absolute atomic E-state index is 5.34. The second-order valence-electron chi connectivity index (χ2n) is 14.3. The lowest BCUT2D eigenvalue weighted by atomic mass is 9.70. The lowest BCUT2D eigenvalue weighted by Gasteiger charge is -2.30. The lowest BCUT2D eigenvalue weighted by molar-refractivity contribution is 0.795. The van der Waals surface area contributed by atoms with Crippen LogP contribution in [0.3, 0.4) is 0 Å². The quantitative estimate of drug-likeness (QED) is 0.181. The summed E-state index contributed by atoms with van der Waals surface area (Å²) in [6.07, 6.45) is 0. The molecule has 2 aliphatic rings. The van der Waals surface area contributed by atoms with Crippen molar-refractivity contribution in [3.63, 3.8) is 0 Å². The van der Waals surface area contributed by atoms with Gasteiger partial charge in [-0.05, 0) is 108 Å². The molecule has 1 spiro atoms. The predicted octanol–water partition coefficient (Wildman–Crippen LogP) is 13.2. The van der Waals surface area contributed by atoms with Gasteiger partial charge in [0.05, 0.1) is 16.8 Å². The van der Waals surface area contributed by atoms with Crippen LogP contribution in [-0.4, -0.2) is 4.98 Å². The number of nitrogens with zero attached hydrogens (tertiary/aromatic N) is 1. The van der Waals surface area contributed by atoms with E-state index in [1.165, 1.54) is 72.0 Å². The van der Waals surface area contributed by atoms with Crippen LogP contribution in [0.1, 0.15) is 22.3 Å². The Labute approximate surface area is 309 Å². The van der Waals surface area contributed by atoms with E-state index in [1.807, 2.05) is 0 Å². The number of hydrogen-bond acceptors (Lipinski definition) is 1. The largest absolute Gasteiger partial charge is 0.248 e. The van der Waals surface area contributed by atoms with Crippen LogP contribution in [0, 0.1) is 0 Å². The van der Waals surface area contributed by atoms with E-state index in [0.717, 1.165) is 28.1 Å². The number of aromatic nitrogens is 1. The van der Waals surface area contributed by atoms with E-state index in [-0.39, 0.29) is 0 Å². The Morgan fingerprint density at radius 1 is 0.264 bits per heavy atom. The summed E-state index contributed by atoms with van der Waals surface area (Å²) in [6, 6.07) is 73.3. The van der Waals surface area contributed by atoms with Crippen molar-refractivity contribution in [2.45, 2.75) is 5.41 Å².